The molecule has 0 bridgehead atoms. The molecule has 1 aliphatic carbocycles. The molecule has 1 amide bonds. The maximum atomic E-state index is 12.0. The van der Waals surface area contributed by atoms with Gasteiger partial charge < -0.3 is 25.8 Å². The number of aliphatic hydroxyl groups excluding tert-OH is 1. The van der Waals surface area contributed by atoms with Gasteiger partial charge in [0, 0.05) is 18.0 Å². The van der Waals surface area contributed by atoms with E-state index in [-0.39, 0.29) is 18.6 Å². The largest absolute Gasteiger partial charge is 0.547 e. The minimum absolute atomic E-state index is 0.0775. The van der Waals surface area contributed by atoms with Crippen molar-refractivity contribution in [1.82, 2.24) is 5.32 Å². The Labute approximate surface area is 129 Å². The minimum atomic E-state index is -1.10. The van der Waals surface area contributed by atoms with E-state index in [0.717, 1.165) is 18.4 Å². The fourth-order valence-electron chi connectivity index (χ4n) is 3.22. The van der Waals surface area contributed by atoms with Gasteiger partial charge in [-0.15, -0.1) is 0 Å². The molecule has 2 aliphatic rings. The lowest BCUT2D eigenvalue weighted by molar-refractivity contribution is -0.123. The first-order valence-corrected chi connectivity index (χ1v) is 7.68. The van der Waals surface area contributed by atoms with Gasteiger partial charge in [-0.3, -0.25) is 4.79 Å². The number of hydrogen-bond donors (Lipinski definition) is 4. The zero-order valence-electron chi connectivity index (χ0n) is 12.4. The lowest BCUT2D eigenvalue weighted by Crippen LogP contribution is -2.53. The highest BCUT2D eigenvalue weighted by Gasteiger charge is 2.37. The smallest absolute Gasteiger partial charge is 0.534 e. The van der Waals surface area contributed by atoms with Crippen molar-refractivity contribution in [2.24, 2.45) is 11.7 Å². The van der Waals surface area contributed by atoms with Crippen LogP contribution < -0.4 is 15.7 Å². The average Bonchev–Trinajstić information content (AvgIpc) is 2.46. The fourth-order valence-corrected chi connectivity index (χ4v) is 3.22. The van der Waals surface area contributed by atoms with E-state index < -0.39 is 13.1 Å². The highest BCUT2D eigenvalue weighted by atomic mass is 16.5. The third-order valence-corrected chi connectivity index (χ3v) is 4.46. The van der Waals surface area contributed by atoms with Gasteiger partial charge in [-0.1, -0.05) is 18.2 Å². The highest BCUT2D eigenvalue weighted by molar-refractivity contribution is 6.46. The molecule has 1 atom stereocenters. The number of nitrogens with two attached hydrogens (primary N) is 1. The molecule has 0 saturated heterocycles. The van der Waals surface area contributed by atoms with E-state index in [4.69, 9.17) is 10.4 Å². The summed E-state index contributed by atoms with van der Waals surface area (Å²) < 4.78 is 5.49. The molecule has 0 radical (unpaired) electrons. The second-order valence-corrected chi connectivity index (χ2v) is 6.25. The Morgan fingerprint density at radius 1 is 1.45 bits per heavy atom. The van der Waals surface area contributed by atoms with E-state index >= 15 is 0 Å². The molecule has 0 spiro atoms. The van der Waals surface area contributed by atoms with Gasteiger partial charge in [-0.2, -0.15) is 0 Å². The number of aliphatic hydroxyl groups is 1. The van der Waals surface area contributed by atoms with Gasteiger partial charge in [0.25, 0.3) is 0 Å². The Morgan fingerprint density at radius 2 is 2.23 bits per heavy atom. The molecule has 22 heavy (non-hydrogen) atoms. The van der Waals surface area contributed by atoms with E-state index in [9.17, 15) is 14.9 Å². The third kappa shape index (κ3) is 3.11. The molecule has 0 aromatic heterocycles. The van der Waals surface area contributed by atoms with Gasteiger partial charge in [0.1, 0.15) is 5.75 Å². The van der Waals surface area contributed by atoms with E-state index in [2.05, 4.69) is 5.32 Å². The summed E-state index contributed by atoms with van der Waals surface area (Å²) in [4.78, 5) is 12.0. The molecule has 118 valence electrons. The molecule has 1 aromatic carbocycles. The van der Waals surface area contributed by atoms with Crippen LogP contribution >= 0.6 is 0 Å². The number of fused-ring (bicyclic) bond motifs is 1. The van der Waals surface area contributed by atoms with Crippen LogP contribution in [0.15, 0.2) is 18.2 Å². The molecule has 6 nitrogen and oxygen atoms in total. The molecule has 1 unspecified atom stereocenters. The van der Waals surface area contributed by atoms with Crippen molar-refractivity contribution in [3.05, 3.63) is 29.3 Å². The first-order valence-electron chi connectivity index (χ1n) is 7.68. The summed E-state index contributed by atoms with van der Waals surface area (Å²) >= 11 is 0. The van der Waals surface area contributed by atoms with Gasteiger partial charge in [-0.05, 0) is 30.7 Å². The standard InChI is InChI=1S/C15H21BN2O4/c17-12-4-9(5-12)6-14(20)18-13-7-10-2-1-3-11(8-19)15(10)22-16(13)21/h1-3,9,12-13,19,21H,4-8,17H2,(H,18,20). The summed E-state index contributed by atoms with van der Waals surface area (Å²) in [5.74, 6) is 0.326. The Kier molecular flexibility index (Phi) is 4.38. The predicted octanol–water partition coefficient (Wildman–Crippen LogP) is -0.254. The summed E-state index contributed by atoms with van der Waals surface area (Å²) in [6.45, 7) is -0.144. The van der Waals surface area contributed by atoms with Crippen LogP contribution in [0.4, 0.5) is 0 Å². The topological polar surface area (TPSA) is 105 Å². The van der Waals surface area contributed by atoms with E-state index in [1.54, 1.807) is 6.07 Å². The van der Waals surface area contributed by atoms with Crippen molar-refractivity contribution in [1.29, 1.82) is 0 Å². The van der Waals surface area contributed by atoms with Gasteiger partial charge in [0.15, 0.2) is 0 Å². The molecule has 1 aliphatic heterocycles. The molecule has 1 heterocycles. The van der Waals surface area contributed by atoms with Gasteiger partial charge in [0.05, 0.1) is 12.5 Å². The quantitative estimate of drug-likeness (QED) is 0.574. The molecule has 1 aromatic rings. The summed E-state index contributed by atoms with van der Waals surface area (Å²) in [5.41, 5.74) is 7.24. The third-order valence-electron chi connectivity index (χ3n) is 4.46. The summed E-state index contributed by atoms with van der Waals surface area (Å²) in [6.07, 6.45) is 2.71. The van der Waals surface area contributed by atoms with Crippen LogP contribution in [0.2, 0.25) is 0 Å². The zero-order valence-corrected chi connectivity index (χ0v) is 12.4. The number of amides is 1. The van der Waals surface area contributed by atoms with Crippen molar-refractivity contribution in [2.75, 3.05) is 0 Å². The number of hydrogen-bond acceptors (Lipinski definition) is 5. The van der Waals surface area contributed by atoms with Crippen molar-refractivity contribution >= 4 is 13.0 Å². The van der Waals surface area contributed by atoms with E-state index in [0.29, 0.717) is 30.1 Å². The van der Waals surface area contributed by atoms with Crippen LogP contribution in [0.25, 0.3) is 0 Å². The highest BCUT2D eigenvalue weighted by Crippen LogP contribution is 2.31. The van der Waals surface area contributed by atoms with Gasteiger partial charge in [0.2, 0.25) is 5.91 Å². The molecule has 1 fully saturated rings. The zero-order chi connectivity index (χ0) is 15.7. The molecular formula is C15H21BN2O4. The number of carbonyl (C=O) groups excluding carboxylic acids is 1. The second kappa shape index (κ2) is 6.28. The second-order valence-electron chi connectivity index (χ2n) is 6.25. The lowest BCUT2D eigenvalue weighted by atomic mass is 9.72. The van der Waals surface area contributed by atoms with Gasteiger partial charge >= 0.3 is 7.12 Å². The summed E-state index contributed by atoms with van der Waals surface area (Å²) in [5, 5.41) is 22.2. The average molecular weight is 304 g/mol. The normalized spacial score (nSPS) is 26.7. The Hall–Kier alpha value is -1.57. The number of benzene rings is 1. The minimum Gasteiger partial charge on any atom is -0.534 e. The van der Waals surface area contributed by atoms with Crippen molar-refractivity contribution in [3.8, 4) is 5.75 Å². The van der Waals surface area contributed by atoms with Crippen LogP contribution in [-0.4, -0.2) is 35.1 Å². The number of para-hydroxylation sites is 1. The first-order chi connectivity index (χ1) is 10.6. The summed E-state index contributed by atoms with van der Waals surface area (Å²) in [6, 6.07) is 5.69. The Balaban J connectivity index is 1.62. The summed E-state index contributed by atoms with van der Waals surface area (Å²) in [7, 11) is -1.10. The van der Waals surface area contributed by atoms with Crippen LogP contribution in [0.3, 0.4) is 0 Å². The Bertz CT molecular complexity index is 562. The SMILES string of the molecule is NC1CC(CC(=O)NC2Cc3cccc(CO)c3OB2O)C1. The molecule has 1 saturated carbocycles. The molecule has 3 rings (SSSR count). The van der Waals surface area contributed by atoms with E-state index in [1.165, 1.54) is 0 Å². The molecule has 5 N–H and O–H groups in total. The maximum Gasteiger partial charge on any atom is 0.547 e. The number of carbonyl (C=O) groups is 1. The van der Waals surface area contributed by atoms with Crippen LogP contribution in [0.1, 0.15) is 30.4 Å². The fraction of sp³-hybridized carbons (Fsp3) is 0.533. The van der Waals surface area contributed by atoms with Gasteiger partial charge in [-0.25, -0.2) is 0 Å². The lowest BCUT2D eigenvalue weighted by Gasteiger charge is -2.33. The Morgan fingerprint density at radius 3 is 2.91 bits per heavy atom. The van der Waals surface area contributed by atoms with Crippen LogP contribution in [-0.2, 0) is 17.8 Å². The predicted molar refractivity (Wildman–Crippen MR) is 81.9 cm³/mol. The van der Waals surface area contributed by atoms with Crippen molar-refractivity contribution in [3.63, 3.8) is 0 Å². The van der Waals surface area contributed by atoms with Crippen molar-refractivity contribution in [2.45, 2.75) is 44.3 Å². The van der Waals surface area contributed by atoms with Crippen LogP contribution in [0.5, 0.6) is 5.75 Å². The number of nitrogens with one attached hydrogen (secondary N) is 1. The maximum absolute atomic E-state index is 12.0. The monoisotopic (exact) mass is 304 g/mol. The van der Waals surface area contributed by atoms with E-state index in [1.807, 2.05) is 12.1 Å². The van der Waals surface area contributed by atoms with Crippen molar-refractivity contribution < 1.29 is 19.6 Å². The molecular weight excluding hydrogens is 283 g/mol. The number of rotatable bonds is 4. The molecule has 7 heteroatoms. The van der Waals surface area contributed by atoms with Crippen LogP contribution in [0, 0.1) is 5.92 Å². The first kappa shape index (κ1) is 15.3.